The lowest BCUT2D eigenvalue weighted by Gasteiger charge is -2.21. The Hall–Kier alpha value is -2.09. The van der Waals surface area contributed by atoms with Gasteiger partial charge in [-0.25, -0.2) is 0 Å². The summed E-state index contributed by atoms with van der Waals surface area (Å²) in [6, 6.07) is 3.44. The van der Waals surface area contributed by atoms with E-state index in [1.807, 2.05) is 0 Å². The van der Waals surface area contributed by atoms with Gasteiger partial charge in [-0.15, -0.1) is 0 Å². The summed E-state index contributed by atoms with van der Waals surface area (Å²) in [5, 5.41) is 8.82. The predicted molar refractivity (Wildman–Crippen MR) is 104 cm³/mol. The second-order valence-corrected chi connectivity index (χ2v) is 7.53. The van der Waals surface area contributed by atoms with Crippen molar-refractivity contribution in [2.75, 3.05) is 6.61 Å². The van der Waals surface area contributed by atoms with E-state index in [1.54, 1.807) is 0 Å². The zero-order valence-corrected chi connectivity index (χ0v) is 17.0. The molecule has 1 atom stereocenters. The summed E-state index contributed by atoms with van der Waals surface area (Å²) >= 11 is 0. The quantitative estimate of drug-likeness (QED) is 0.452. The lowest BCUT2D eigenvalue weighted by molar-refractivity contribution is -0.141. The van der Waals surface area contributed by atoms with Gasteiger partial charge >= 0.3 is 12.1 Å². The Bertz CT molecular complexity index is 687. The van der Waals surface area contributed by atoms with Crippen molar-refractivity contribution in [3.63, 3.8) is 0 Å². The third-order valence-corrected chi connectivity index (χ3v) is 4.62. The highest BCUT2D eigenvalue weighted by molar-refractivity contribution is 5.93. The third-order valence-electron chi connectivity index (χ3n) is 4.62. The second kappa shape index (κ2) is 11.2. The van der Waals surface area contributed by atoms with Crippen molar-refractivity contribution >= 4 is 11.8 Å². The van der Waals surface area contributed by atoms with Crippen molar-refractivity contribution in [1.29, 1.82) is 0 Å². The van der Waals surface area contributed by atoms with Crippen LogP contribution < -0.4 is 10.5 Å². The van der Waals surface area contributed by atoms with Crippen molar-refractivity contribution in [1.82, 2.24) is 0 Å². The Morgan fingerprint density at radius 3 is 2.31 bits per heavy atom. The van der Waals surface area contributed by atoms with Crippen LogP contribution in [0.1, 0.15) is 69.9 Å². The van der Waals surface area contributed by atoms with Gasteiger partial charge in [0.1, 0.15) is 5.75 Å². The molecular formula is C21H30F3NO4. The molecule has 164 valence electrons. The molecule has 0 aliphatic heterocycles. The van der Waals surface area contributed by atoms with Gasteiger partial charge in [-0.1, -0.05) is 45.1 Å². The molecule has 0 fully saturated rings. The molecule has 29 heavy (non-hydrogen) atoms. The topological polar surface area (TPSA) is 89.6 Å². The molecule has 0 heterocycles. The minimum absolute atomic E-state index is 0.108. The smallest absolute Gasteiger partial charge is 0.419 e. The molecule has 0 amide bonds. The van der Waals surface area contributed by atoms with Gasteiger partial charge in [-0.05, 0) is 31.0 Å². The third kappa shape index (κ3) is 8.85. The monoisotopic (exact) mass is 417 g/mol. The number of aliphatic carboxylic acids is 1. The number of alkyl halides is 3. The van der Waals surface area contributed by atoms with Crippen LogP contribution in [-0.4, -0.2) is 29.0 Å². The van der Waals surface area contributed by atoms with E-state index in [9.17, 15) is 22.8 Å². The number of carbonyl (C=O) groups excluding carboxylic acids is 1. The fourth-order valence-corrected chi connectivity index (χ4v) is 2.90. The number of rotatable bonds is 13. The van der Waals surface area contributed by atoms with E-state index in [-0.39, 0.29) is 24.3 Å². The first-order valence-corrected chi connectivity index (χ1v) is 9.84. The molecule has 3 N–H and O–H groups in total. The zero-order valence-electron chi connectivity index (χ0n) is 17.0. The number of hydrogen-bond acceptors (Lipinski definition) is 4. The number of ether oxygens (including phenoxy) is 1. The molecule has 0 aliphatic rings. The van der Waals surface area contributed by atoms with Crippen LogP contribution in [0.25, 0.3) is 0 Å². The summed E-state index contributed by atoms with van der Waals surface area (Å²) in [5.41, 5.74) is 3.21. The molecular weight excluding hydrogens is 387 g/mol. The lowest BCUT2D eigenvalue weighted by Crippen LogP contribution is -2.47. The van der Waals surface area contributed by atoms with Gasteiger partial charge in [0, 0.05) is 6.42 Å². The van der Waals surface area contributed by atoms with Crippen LogP contribution in [0.4, 0.5) is 13.2 Å². The van der Waals surface area contributed by atoms with E-state index in [4.69, 9.17) is 15.6 Å². The van der Waals surface area contributed by atoms with Crippen LogP contribution in [0.5, 0.6) is 5.75 Å². The summed E-state index contributed by atoms with van der Waals surface area (Å²) < 4.78 is 45.6. The van der Waals surface area contributed by atoms with Crippen LogP contribution in [0.2, 0.25) is 0 Å². The van der Waals surface area contributed by atoms with Gasteiger partial charge in [0.15, 0.2) is 5.78 Å². The molecule has 1 aromatic rings. The highest BCUT2D eigenvalue weighted by Gasteiger charge is 2.36. The van der Waals surface area contributed by atoms with Gasteiger partial charge in [-0.3, -0.25) is 9.59 Å². The normalized spacial score (nSPS) is 13.7. The molecule has 1 aromatic carbocycles. The van der Waals surface area contributed by atoms with Crippen LogP contribution in [0, 0.1) is 0 Å². The number of carbonyl (C=O) groups is 2. The summed E-state index contributed by atoms with van der Waals surface area (Å²) in [7, 11) is 0. The largest absolute Gasteiger partial charge is 0.493 e. The SMILES string of the molecule is CCCCCCCCOc1ccc(CC(=O)[C@@](C)(N)CC(=O)O)cc1C(F)(F)F. The molecule has 0 aliphatic carbocycles. The molecule has 0 unspecified atom stereocenters. The zero-order chi connectivity index (χ0) is 22.1. The number of halogens is 3. The highest BCUT2D eigenvalue weighted by Crippen LogP contribution is 2.37. The fourth-order valence-electron chi connectivity index (χ4n) is 2.90. The maximum absolute atomic E-state index is 13.4. The first-order valence-electron chi connectivity index (χ1n) is 9.84. The number of ketones is 1. The molecule has 0 bridgehead atoms. The number of Topliss-reactive ketones (excluding diaryl/α,β-unsaturated/α-hetero) is 1. The Kier molecular flexibility index (Phi) is 9.62. The molecule has 0 spiro atoms. The summed E-state index contributed by atoms with van der Waals surface area (Å²) in [5.74, 6) is -2.17. The minimum atomic E-state index is -4.64. The van der Waals surface area contributed by atoms with Crippen LogP contribution >= 0.6 is 0 Å². The van der Waals surface area contributed by atoms with Gasteiger partial charge < -0.3 is 15.6 Å². The predicted octanol–water partition coefficient (Wildman–Crippen LogP) is 4.75. The van der Waals surface area contributed by atoms with E-state index >= 15 is 0 Å². The maximum Gasteiger partial charge on any atom is 0.419 e. The van der Waals surface area contributed by atoms with Gasteiger partial charge in [-0.2, -0.15) is 13.2 Å². The van der Waals surface area contributed by atoms with E-state index < -0.39 is 35.5 Å². The Morgan fingerprint density at radius 1 is 1.10 bits per heavy atom. The summed E-state index contributed by atoms with van der Waals surface area (Å²) in [4.78, 5) is 23.0. The Morgan fingerprint density at radius 2 is 1.72 bits per heavy atom. The van der Waals surface area contributed by atoms with Crippen LogP contribution in [0.15, 0.2) is 18.2 Å². The molecule has 1 rings (SSSR count). The maximum atomic E-state index is 13.4. The van der Waals surface area contributed by atoms with Crippen LogP contribution in [-0.2, 0) is 22.2 Å². The first-order chi connectivity index (χ1) is 13.5. The minimum Gasteiger partial charge on any atom is -0.493 e. The molecule has 5 nitrogen and oxygen atoms in total. The second-order valence-electron chi connectivity index (χ2n) is 7.53. The van der Waals surface area contributed by atoms with Crippen molar-refractivity contribution in [2.45, 2.75) is 76.9 Å². The number of unbranched alkanes of at least 4 members (excludes halogenated alkanes) is 5. The first kappa shape index (κ1) is 24.9. The number of nitrogens with two attached hydrogens (primary N) is 1. The van der Waals surface area contributed by atoms with E-state index in [1.165, 1.54) is 19.1 Å². The fraction of sp³-hybridized carbons (Fsp3) is 0.619. The average Bonchev–Trinajstić information content (AvgIpc) is 2.59. The molecule has 0 aromatic heterocycles. The Labute approximate surface area is 169 Å². The number of carboxylic acid groups (broad SMARTS) is 1. The average molecular weight is 417 g/mol. The van der Waals surface area contributed by atoms with E-state index in [2.05, 4.69) is 6.92 Å². The molecule has 0 saturated heterocycles. The van der Waals surface area contributed by atoms with E-state index in [0.29, 0.717) is 6.42 Å². The molecule has 8 heteroatoms. The van der Waals surface area contributed by atoms with Crippen LogP contribution in [0.3, 0.4) is 0 Å². The number of hydrogen-bond donors (Lipinski definition) is 2. The van der Waals surface area contributed by atoms with Crippen molar-refractivity contribution in [3.05, 3.63) is 29.3 Å². The number of carboxylic acids is 1. The lowest BCUT2D eigenvalue weighted by atomic mass is 9.89. The van der Waals surface area contributed by atoms with Gasteiger partial charge in [0.2, 0.25) is 0 Å². The van der Waals surface area contributed by atoms with Gasteiger partial charge in [0.25, 0.3) is 0 Å². The highest BCUT2D eigenvalue weighted by atomic mass is 19.4. The van der Waals surface area contributed by atoms with Crippen molar-refractivity contribution in [2.24, 2.45) is 5.73 Å². The summed E-state index contributed by atoms with van der Waals surface area (Å²) in [6.45, 7) is 3.55. The van der Waals surface area contributed by atoms with Crippen molar-refractivity contribution < 1.29 is 32.6 Å². The summed E-state index contributed by atoms with van der Waals surface area (Å²) in [6.07, 6.45) is 0.344. The Balaban J connectivity index is 2.79. The number of benzene rings is 1. The molecule has 0 radical (unpaired) electrons. The van der Waals surface area contributed by atoms with Gasteiger partial charge in [0.05, 0.1) is 24.1 Å². The standard InChI is InChI=1S/C21H30F3NO4/c1-3-4-5-6-7-8-11-29-17-10-9-15(12-16(17)21(22,23)24)13-18(26)20(2,25)14-19(27)28/h9-10,12H,3-8,11,13-14,25H2,1-2H3,(H,27,28)/t20-/m0/s1. The van der Waals surface area contributed by atoms with E-state index in [0.717, 1.165) is 38.2 Å². The van der Waals surface area contributed by atoms with Crippen molar-refractivity contribution in [3.8, 4) is 5.75 Å². The molecule has 0 saturated carbocycles.